The second kappa shape index (κ2) is 6.99. The fourth-order valence-electron chi connectivity index (χ4n) is 9.51. The normalized spacial score (nSPS) is 36.2. The first-order valence-corrected chi connectivity index (χ1v) is 13.6. The topological polar surface area (TPSA) is 25.2 Å². The van der Waals surface area contributed by atoms with E-state index >= 15 is 0 Å². The summed E-state index contributed by atoms with van der Waals surface area (Å²) in [4.78, 5) is 16.6. The molecule has 1 aromatic heterocycles. The molecular formula is C30H38N2O. The minimum absolute atomic E-state index is 0.141. The molecule has 0 saturated heterocycles. The summed E-state index contributed by atoms with van der Waals surface area (Å²) in [5.41, 5.74) is 7.01. The summed E-state index contributed by atoms with van der Waals surface area (Å²) < 4.78 is 2.35. The number of hydrogen-bond donors (Lipinski definition) is 0. The molecule has 0 radical (unpaired) electrons. The van der Waals surface area contributed by atoms with E-state index in [9.17, 15) is 4.79 Å². The Labute approximate surface area is 198 Å². The molecule has 1 amide bonds. The fraction of sp³-hybridized carbons (Fsp3) is 0.633. The number of amides is 1. The molecule has 33 heavy (non-hydrogen) atoms. The van der Waals surface area contributed by atoms with Gasteiger partial charge in [0.1, 0.15) is 0 Å². The van der Waals surface area contributed by atoms with Gasteiger partial charge in [-0.05, 0) is 113 Å². The Hall–Kier alpha value is -2.03. The average molecular weight is 443 g/mol. The molecule has 0 spiro atoms. The lowest BCUT2D eigenvalue weighted by atomic mass is 9.47. The molecule has 174 valence electrons. The van der Waals surface area contributed by atoms with E-state index in [4.69, 9.17) is 0 Å². The largest absolute Gasteiger partial charge is 0.348 e. The standard InChI is InChI=1S/C30H38N2O/c1-18-27(25-10-6-7-11-26(25)31(18)3)28-23-8-4-5-9-24(23)29(33)32(28)19(2)30-15-20-12-21(16-30)14-22(13-20)17-30/h6-7,10-11,19-22,28H,4-5,8-9,12-17H2,1-3H3. The Morgan fingerprint density at radius 3 is 2.30 bits per heavy atom. The van der Waals surface area contributed by atoms with E-state index in [1.54, 1.807) is 0 Å². The maximum atomic E-state index is 14.2. The van der Waals surface area contributed by atoms with Crippen LogP contribution in [-0.4, -0.2) is 21.4 Å². The van der Waals surface area contributed by atoms with Crippen LogP contribution in [0.1, 0.15) is 88.4 Å². The predicted octanol–water partition coefficient (Wildman–Crippen LogP) is 6.85. The van der Waals surface area contributed by atoms with Crippen molar-refractivity contribution in [1.82, 2.24) is 9.47 Å². The van der Waals surface area contributed by atoms with Gasteiger partial charge >= 0.3 is 0 Å². The second-order valence-electron chi connectivity index (χ2n) is 12.4. The third kappa shape index (κ3) is 2.71. The summed E-state index contributed by atoms with van der Waals surface area (Å²) in [6.07, 6.45) is 12.9. The van der Waals surface area contributed by atoms with E-state index in [2.05, 4.69) is 54.6 Å². The van der Waals surface area contributed by atoms with E-state index in [0.717, 1.165) is 30.6 Å². The molecule has 1 aromatic carbocycles. The molecule has 2 atom stereocenters. The van der Waals surface area contributed by atoms with Gasteiger partial charge < -0.3 is 9.47 Å². The van der Waals surface area contributed by atoms with E-state index in [1.807, 2.05) is 0 Å². The van der Waals surface area contributed by atoms with Crippen LogP contribution in [0.3, 0.4) is 0 Å². The van der Waals surface area contributed by atoms with Crippen LogP contribution in [0.2, 0.25) is 0 Å². The molecule has 3 nitrogen and oxygen atoms in total. The van der Waals surface area contributed by atoms with Crippen molar-refractivity contribution in [2.45, 2.75) is 90.1 Å². The van der Waals surface area contributed by atoms with Gasteiger partial charge in [0.25, 0.3) is 5.91 Å². The molecule has 5 aliphatic carbocycles. The number of rotatable bonds is 3. The SMILES string of the molecule is Cc1c(C2C3=C(CCCC3)C(=O)N2C(C)C23CC4CC(CC(C4)C2)C3)c2ccccc2n1C. The number of carbonyl (C=O) groups is 1. The number of fused-ring (bicyclic) bond motifs is 1. The van der Waals surface area contributed by atoms with Gasteiger partial charge in [-0.25, -0.2) is 0 Å². The van der Waals surface area contributed by atoms with Gasteiger partial charge in [-0.1, -0.05) is 18.2 Å². The first-order chi connectivity index (χ1) is 16.0. The highest BCUT2D eigenvalue weighted by Gasteiger charge is 2.57. The van der Waals surface area contributed by atoms with Crippen LogP contribution in [0.25, 0.3) is 10.9 Å². The molecule has 2 aromatic rings. The molecular weight excluding hydrogens is 404 g/mol. The van der Waals surface area contributed by atoms with Crippen molar-refractivity contribution < 1.29 is 4.79 Å². The smallest absolute Gasteiger partial charge is 0.250 e. The van der Waals surface area contributed by atoms with Crippen LogP contribution >= 0.6 is 0 Å². The molecule has 1 aliphatic heterocycles. The number of nitrogens with zero attached hydrogens (tertiary/aromatic N) is 2. The van der Waals surface area contributed by atoms with Crippen LogP contribution in [0.15, 0.2) is 35.4 Å². The third-order valence-corrected chi connectivity index (χ3v) is 10.7. The number of aryl methyl sites for hydroxylation is 1. The monoisotopic (exact) mass is 442 g/mol. The highest BCUT2D eigenvalue weighted by molar-refractivity contribution is 6.00. The molecule has 6 aliphatic rings. The van der Waals surface area contributed by atoms with Crippen LogP contribution in [-0.2, 0) is 11.8 Å². The van der Waals surface area contributed by atoms with Crippen molar-refractivity contribution in [3.8, 4) is 0 Å². The number of para-hydroxylation sites is 1. The van der Waals surface area contributed by atoms with Gasteiger partial charge in [-0.3, -0.25) is 4.79 Å². The molecule has 8 rings (SSSR count). The Kier molecular flexibility index (Phi) is 4.31. The second-order valence-corrected chi connectivity index (χ2v) is 12.4. The lowest BCUT2D eigenvalue weighted by Gasteiger charge is -2.60. The molecule has 4 fully saturated rings. The van der Waals surface area contributed by atoms with Crippen LogP contribution in [0.4, 0.5) is 0 Å². The lowest BCUT2D eigenvalue weighted by Crippen LogP contribution is -2.56. The van der Waals surface area contributed by atoms with Crippen molar-refractivity contribution in [2.24, 2.45) is 30.2 Å². The van der Waals surface area contributed by atoms with Crippen molar-refractivity contribution >= 4 is 16.8 Å². The molecule has 2 heterocycles. The highest BCUT2D eigenvalue weighted by Crippen LogP contribution is 2.63. The fourth-order valence-corrected chi connectivity index (χ4v) is 9.51. The van der Waals surface area contributed by atoms with Crippen molar-refractivity contribution in [1.29, 1.82) is 0 Å². The quantitative estimate of drug-likeness (QED) is 0.510. The molecule has 0 N–H and O–H groups in total. The Bertz CT molecular complexity index is 1150. The van der Waals surface area contributed by atoms with Crippen molar-refractivity contribution in [3.63, 3.8) is 0 Å². The number of aromatic nitrogens is 1. The van der Waals surface area contributed by atoms with Crippen LogP contribution in [0, 0.1) is 30.1 Å². The van der Waals surface area contributed by atoms with E-state index in [0.29, 0.717) is 17.4 Å². The molecule has 4 bridgehead atoms. The minimum Gasteiger partial charge on any atom is -0.348 e. The van der Waals surface area contributed by atoms with Gasteiger partial charge in [0.2, 0.25) is 0 Å². The van der Waals surface area contributed by atoms with E-state index < -0.39 is 0 Å². The lowest BCUT2D eigenvalue weighted by molar-refractivity contribution is -0.142. The van der Waals surface area contributed by atoms with Gasteiger partial charge in [0.15, 0.2) is 0 Å². The summed E-state index contributed by atoms with van der Waals surface area (Å²) in [6.45, 7) is 4.71. The van der Waals surface area contributed by atoms with Gasteiger partial charge in [-0.15, -0.1) is 0 Å². The zero-order chi connectivity index (χ0) is 22.5. The maximum absolute atomic E-state index is 14.2. The minimum atomic E-state index is 0.141. The first-order valence-electron chi connectivity index (χ1n) is 13.6. The van der Waals surface area contributed by atoms with Crippen LogP contribution in [0.5, 0.6) is 0 Å². The molecule has 2 unspecified atom stereocenters. The maximum Gasteiger partial charge on any atom is 0.250 e. The van der Waals surface area contributed by atoms with Crippen molar-refractivity contribution in [3.05, 3.63) is 46.7 Å². The van der Waals surface area contributed by atoms with Gasteiger partial charge in [0, 0.05) is 40.8 Å². The zero-order valence-electron chi connectivity index (χ0n) is 20.6. The predicted molar refractivity (Wildman–Crippen MR) is 133 cm³/mol. The summed E-state index contributed by atoms with van der Waals surface area (Å²) in [7, 11) is 2.20. The number of carbonyl (C=O) groups excluding carboxylic acids is 1. The number of benzene rings is 1. The Morgan fingerprint density at radius 2 is 1.61 bits per heavy atom. The average Bonchev–Trinajstić information content (AvgIpc) is 3.23. The first kappa shape index (κ1) is 20.4. The molecule has 3 heteroatoms. The Balaban J connectivity index is 1.38. The summed E-state index contributed by atoms with van der Waals surface area (Å²) in [5.74, 6) is 3.12. The molecule has 4 saturated carbocycles. The highest BCUT2D eigenvalue weighted by atomic mass is 16.2. The van der Waals surface area contributed by atoms with Crippen molar-refractivity contribution in [2.75, 3.05) is 0 Å². The van der Waals surface area contributed by atoms with Gasteiger partial charge in [0.05, 0.1) is 6.04 Å². The number of hydrogen-bond acceptors (Lipinski definition) is 1. The van der Waals surface area contributed by atoms with E-state index in [-0.39, 0.29) is 6.04 Å². The summed E-state index contributed by atoms with van der Waals surface area (Å²) >= 11 is 0. The zero-order valence-corrected chi connectivity index (χ0v) is 20.6. The third-order valence-electron chi connectivity index (χ3n) is 10.7. The van der Waals surface area contributed by atoms with E-state index in [1.165, 1.54) is 84.7 Å². The van der Waals surface area contributed by atoms with Gasteiger partial charge in [-0.2, -0.15) is 0 Å². The Morgan fingerprint density at radius 1 is 0.970 bits per heavy atom. The van der Waals surface area contributed by atoms with Crippen LogP contribution < -0.4 is 0 Å². The summed E-state index contributed by atoms with van der Waals surface area (Å²) in [5, 5.41) is 1.34. The summed E-state index contributed by atoms with van der Waals surface area (Å²) in [6, 6.07) is 9.31.